The van der Waals surface area contributed by atoms with Crippen molar-refractivity contribution >= 4 is 21.8 Å². The number of hydrogen-bond donors (Lipinski definition) is 1. The second-order valence-electron chi connectivity index (χ2n) is 7.01. The van der Waals surface area contributed by atoms with Gasteiger partial charge in [-0.1, -0.05) is 0 Å². The van der Waals surface area contributed by atoms with Crippen molar-refractivity contribution in [1.29, 1.82) is 0 Å². The van der Waals surface area contributed by atoms with Crippen molar-refractivity contribution in [1.82, 2.24) is 15.0 Å². The molecule has 0 amide bonds. The summed E-state index contributed by atoms with van der Waals surface area (Å²) >= 11 is 0. The SMILES string of the molecule is CC(C)Oc1ccnc(CS(=O)c2nc3ccc(OC(F)F)cc3[nH]2)c1OC(C)C.[HH].[HH].[HH].[HH].[HH].[HH].[HH].[HH].[HH].[HH].[HH].[HH].[HH].[HH].[HH].[HH].[HH].[HH].[HH].[HH].[HH].[HH].[HH].[HH].[HH].[HH].[HH].[HH].[HH].[HH].[HH]. The second-order valence-corrected chi connectivity index (χ2v) is 8.37. The number of benzene rings is 1. The summed E-state index contributed by atoms with van der Waals surface area (Å²) in [5.41, 5.74) is 1.41. The Kier molecular flexibility index (Phi) is 6.86. The van der Waals surface area contributed by atoms with Gasteiger partial charge in [0.05, 0.1) is 45.5 Å². The topological polar surface area (TPSA) is 86.3 Å². The maximum atomic E-state index is 12.9. The Morgan fingerprint density at radius 2 is 1.83 bits per heavy atom. The molecule has 0 spiro atoms. The molecule has 7 nitrogen and oxygen atoms in total. The highest BCUT2D eigenvalue weighted by Gasteiger charge is 2.20. The monoisotopic (exact) mass is 502 g/mol. The Morgan fingerprint density at radius 1 is 1.10 bits per heavy atom. The fraction of sp³-hybridized carbons (Fsp3) is 0.400. The van der Waals surface area contributed by atoms with Crippen LogP contribution in [0, 0.1) is 0 Å². The minimum absolute atomic E-state index is 0. The van der Waals surface area contributed by atoms with E-state index in [9.17, 15) is 13.0 Å². The molecule has 3 aromatic rings. The summed E-state index contributed by atoms with van der Waals surface area (Å²) < 4.78 is 53.8. The number of nitrogens with one attached hydrogen (secondary N) is 1. The van der Waals surface area contributed by atoms with Gasteiger partial charge in [-0.15, -0.1) is 0 Å². The third kappa shape index (κ3) is 5.44. The van der Waals surface area contributed by atoms with Crippen molar-refractivity contribution in [2.45, 2.75) is 57.4 Å². The molecule has 1 atom stereocenters. The molecule has 0 radical (unpaired) electrons. The Morgan fingerprint density at radius 3 is 2.50 bits per heavy atom. The van der Waals surface area contributed by atoms with Crippen LogP contribution < -0.4 is 14.2 Å². The highest BCUT2D eigenvalue weighted by atomic mass is 32.2. The molecular formula is C20H85F2N3O4S. The molecule has 0 saturated heterocycles. The molecule has 0 aliphatic carbocycles. The molecule has 10 heteroatoms. The van der Waals surface area contributed by atoms with E-state index in [1.807, 2.05) is 27.7 Å². The Hall–Kier alpha value is -2.75. The lowest BCUT2D eigenvalue weighted by molar-refractivity contribution is -0.0497. The molecule has 0 bridgehead atoms. The maximum Gasteiger partial charge on any atom is 0.387 e. The maximum absolute atomic E-state index is 12.9. The van der Waals surface area contributed by atoms with Gasteiger partial charge in [0.15, 0.2) is 16.7 Å². The van der Waals surface area contributed by atoms with Gasteiger partial charge in [-0.25, -0.2) is 4.98 Å². The second kappa shape index (κ2) is 9.38. The molecule has 0 fully saturated rings. The number of pyridine rings is 1. The highest BCUT2D eigenvalue weighted by molar-refractivity contribution is 7.84. The molecule has 2 heterocycles. The standard InChI is InChI=1S/C20H23F2N3O4S.31H2/c1-11(2)27-17-7-8-23-16(18(17)28-12(3)4)10-30(26)20-24-14-6-5-13(29-19(21)22)9-15(14)25-20;;;;;;;;;;;;;;;;;;;;;;;;;;;;;;;/h5-9,11-12,19H,10H2,1-4H3,(H,24,25);31*1H. The van der Waals surface area contributed by atoms with E-state index in [0.717, 1.165) is 0 Å². The van der Waals surface area contributed by atoms with Crippen molar-refractivity contribution in [3.63, 3.8) is 0 Å². The van der Waals surface area contributed by atoms with E-state index in [1.165, 1.54) is 18.2 Å². The van der Waals surface area contributed by atoms with Crippen LogP contribution in [0.3, 0.4) is 0 Å². The first-order valence-electron chi connectivity index (χ1n) is 9.37. The van der Waals surface area contributed by atoms with Crippen LogP contribution in [-0.2, 0) is 16.6 Å². The summed E-state index contributed by atoms with van der Waals surface area (Å²) in [6.45, 7) is 4.64. The lowest BCUT2D eigenvalue weighted by Gasteiger charge is -2.19. The predicted octanol–water partition coefficient (Wildman–Crippen LogP) is 12.1. The average molecular weight is 502 g/mol. The normalized spacial score (nSPS) is 12.7. The molecule has 1 aromatic carbocycles. The smallest absolute Gasteiger partial charge is 0.387 e. The van der Waals surface area contributed by atoms with E-state index < -0.39 is 17.4 Å². The summed E-state index contributed by atoms with van der Waals surface area (Å²) in [4.78, 5) is 11.5. The van der Waals surface area contributed by atoms with Crippen LogP contribution >= 0.6 is 0 Å². The predicted molar refractivity (Wildman–Crippen MR) is 174 cm³/mol. The Balaban J connectivity index is -0.0000000122. The first-order valence-corrected chi connectivity index (χ1v) is 10.7. The van der Waals surface area contributed by atoms with Crippen LogP contribution in [0.25, 0.3) is 11.0 Å². The fourth-order valence-corrected chi connectivity index (χ4v) is 3.74. The zero-order valence-corrected chi connectivity index (χ0v) is 17.8. The molecular weight excluding hydrogens is 416 g/mol. The van der Waals surface area contributed by atoms with Gasteiger partial charge in [-0.3, -0.25) is 9.19 Å². The summed E-state index contributed by atoms with van der Waals surface area (Å²) in [5, 5.41) is 0.201. The molecule has 2 aromatic heterocycles. The molecule has 0 aliphatic rings. The zero-order valence-electron chi connectivity index (χ0n) is 17.0. The molecule has 30 heavy (non-hydrogen) atoms. The zero-order chi connectivity index (χ0) is 21.8. The third-order valence-corrected chi connectivity index (χ3v) is 4.96. The van der Waals surface area contributed by atoms with Gasteiger partial charge in [0, 0.05) is 62.6 Å². The van der Waals surface area contributed by atoms with Gasteiger partial charge in [0.2, 0.25) is 0 Å². The minimum Gasteiger partial charge on any atom is -0.487 e. The molecule has 3 rings (SSSR count). The fourth-order valence-electron chi connectivity index (χ4n) is 2.72. The van der Waals surface area contributed by atoms with Crippen LogP contribution in [-0.4, -0.2) is 38.0 Å². The van der Waals surface area contributed by atoms with E-state index in [-0.39, 0.29) is 73.1 Å². The number of aromatic amines is 1. The van der Waals surface area contributed by atoms with Crippen LogP contribution in [0.2, 0.25) is 0 Å². The average Bonchev–Trinajstić information content (AvgIpc) is 3.06. The minimum atomic E-state index is -2.93. The van der Waals surface area contributed by atoms with E-state index in [4.69, 9.17) is 9.47 Å². The number of hydrogen-bond acceptors (Lipinski definition) is 6. The van der Waals surface area contributed by atoms with Crippen LogP contribution in [0.1, 0.15) is 77.6 Å². The van der Waals surface area contributed by atoms with Crippen LogP contribution in [0.5, 0.6) is 17.2 Å². The first kappa shape index (κ1) is 21.9. The van der Waals surface area contributed by atoms with E-state index >= 15 is 0 Å². The van der Waals surface area contributed by atoms with Crippen molar-refractivity contribution < 1.29 is 71.4 Å². The molecule has 0 saturated carbocycles. The van der Waals surface area contributed by atoms with Gasteiger partial charge in [-0.2, -0.15) is 8.78 Å². The Bertz CT molecular complexity index is 1100. The summed E-state index contributed by atoms with van der Waals surface area (Å²) in [6.07, 6.45) is 1.37. The quantitative estimate of drug-likeness (QED) is 0.313. The van der Waals surface area contributed by atoms with Crippen molar-refractivity contribution in [3.8, 4) is 17.2 Å². The number of ether oxygens (including phenoxy) is 3. The van der Waals surface area contributed by atoms with E-state index in [2.05, 4.69) is 19.7 Å². The van der Waals surface area contributed by atoms with Crippen LogP contribution in [0.4, 0.5) is 8.78 Å². The lowest BCUT2D eigenvalue weighted by Crippen LogP contribution is -2.14. The van der Waals surface area contributed by atoms with E-state index in [0.29, 0.717) is 28.2 Å². The van der Waals surface area contributed by atoms with Gasteiger partial charge >= 0.3 is 6.61 Å². The summed E-state index contributed by atoms with van der Waals surface area (Å²) in [5.74, 6) is 1.00. The van der Waals surface area contributed by atoms with Crippen molar-refractivity contribution in [3.05, 3.63) is 36.2 Å². The van der Waals surface area contributed by atoms with Crippen molar-refractivity contribution in [2.75, 3.05) is 0 Å². The largest absolute Gasteiger partial charge is 0.487 e. The number of nitrogens with zero attached hydrogens (tertiary/aromatic N) is 2. The molecule has 0 aliphatic heterocycles. The van der Waals surface area contributed by atoms with Gasteiger partial charge in [0.25, 0.3) is 0 Å². The lowest BCUT2D eigenvalue weighted by atomic mass is 10.3. The third-order valence-electron chi connectivity index (χ3n) is 3.80. The van der Waals surface area contributed by atoms with Crippen molar-refractivity contribution in [2.24, 2.45) is 0 Å². The Labute approximate surface area is 221 Å². The number of halogens is 2. The molecule has 1 N–H and O–H groups in total. The number of rotatable bonds is 9. The molecule has 224 valence electrons. The van der Waals surface area contributed by atoms with Gasteiger partial charge in [0.1, 0.15) is 5.75 Å². The van der Waals surface area contributed by atoms with Crippen LogP contribution in [0.15, 0.2) is 35.6 Å². The van der Waals surface area contributed by atoms with E-state index in [1.54, 1.807) is 12.3 Å². The number of alkyl halides is 2. The first-order chi connectivity index (χ1) is 14.2. The number of imidazole rings is 1. The number of aromatic nitrogens is 3. The molecule has 1 unspecified atom stereocenters. The summed E-state index contributed by atoms with van der Waals surface area (Å²) in [6, 6.07) is 5.99. The number of H-pyrrole nitrogens is 1. The van der Waals surface area contributed by atoms with Gasteiger partial charge < -0.3 is 19.2 Å². The van der Waals surface area contributed by atoms with Gasteiger partial charge in [-0.05, 0) is 39.8 Å². The highest BCUT2D eigenvalue weighted by Crippen LogP contribution is 2.33. The number of fused-ring (bicyclic) bond motifs is 1. The summed E-state index contributed by atoms with van der Waals surface area (Å²) in [7, 11) is -1.58.